The van der Waals surface area contributed by atoms with E-state index in [-0.39, 0.29) is 12.6 Å². The number of hydrogen-bond donors (Lipinski definition) is 3. The van der Waals surface area contributed by atoms with Crippen molar-refractivity contribution in [1.29, 1.82) is 0 Å². The first-order valence-electron chi connectivity index (χ1n) is 6.30. The molecule has 0 fully saturated rings. The Morgan fingerprint density at radius 3 is 2.60 bits per heavy atom. The van der Waals surface area contributed by atoms with Crippen LogP contribution in [0.4, 0.5) is 10.5 Å². The van der Waals surface area contributed by atoms with Crippen molar-refractivity contribution in [2.75, 3.05) is 11.9 Å². The number of nitrogens with zero attached hydrogens (tertiary/aromatic N) is 2. The number of nitrogens with one attached hydrogen (secondary N) is 2. The lowest BCUT2D eigenvalue weighted by atomic mass is 10.1. The Balaban J connectivity index is 1.99. The second kappa shape index (κ2) is 5.75. The number of aliphatic hydroxyl groups is 1. The summed E-state index contributed by atoms with van der Waals surface area (Å²) >= 11 is 0. The highest BCUT2D eigenvalue weighted by atomic mass is 16.3. The highest BCUT2D eigenvalue weighted by Gasteiger charge is 2.18. The van der Waals surface area contributed by atoms with E-state index in [1.54, 1.807) is 36.9 Å². The van der Waals surface area contributed by atoms with E-state index in [2.05, 4.69) is 15.7 Å². The molecule has 20 heavy (non-hydrogen) atoms. The first-order valence-corrected chi connectivity index (χ1v) is 6.30. The molecule has 0 aliphatic heterocycles. The molecule has 106 valence electrons. The number of rotatable bonds is 4. The minimum Gasteiger partial charge on any atom is -0.394 e. The van der Waals surface area contributed by atoms with E-state index >= 15 is 0 Å². The lowest BCUT2D eigenvalue weighted by Crippen LogP contribution is -2.48. The van der Waals surface area contributed by atoms with Crippen molar-refractivity contribution < 1.29 is 9.90 Å². The Morgan fingerprint density at radius 2 is 2.05 bits per heavy atom. The van der Waals surface area contributed by atoms with E-state index in [1.165, 1.54) is 0 Å². The van der Waals surface area contributed by atoms with Gasteiger partial charge >= 0.3 is 6.03 Å². The van der Waals surface area contributed by atoms with E-state index < -0.39 is 5.54 Å². The average Bonchev–Trinajstić information content (AvgIpc) is 2.93. The van der Waals surface area contributed by atoms with Crippen LogP contribution in [0.15, 0.2) is 42.7 Å². The zero-order valence-electron chi connectivity index (χ0n) is 11.5. The SMILES string of the molecule is CC(C)(CO)NC(=O)Nc1ccc(-n2cccn2)cc1. The van der Waals surface area contributed by atoms with Crippen LogP contribution >= 0.6 is 0 Å². The molecule has 0 aliphatic rings. The van der Waals surface area contributed by atoms with Crippen LogP contribution in [0, 0.1) is 0 Å². The minimum atomic E-state index is -0.654. The number of carbonyl (C=O) groups is 1. The number of carbonyl (C=O) groups excluding carboxylic acids is 1. The third kappa shape index (κ3) is 3.58. The van der Waals surface area contributed by atoms with Gasteiger partial charge in [-0.15, -0.1) is 0 Å². The average molecular weight is 274 g/mol. The largest absolute Gasteiger partial charge is 0.394 e. The Morgan fingerprint density at radius 1 is 1.35 bits per heavy atom. The van der Waals surface area contributed by atoms with Crippen molar-refractivity contribution in [3.05, 3.63) is 42.7 Å². The van der Waals surface area contributed by atoms with Crippen LogP contribution in [-0.2, 0) is 0 Å². The molecule has 1 aromatic heterocycles. The molecule has 2 rings (SSSR count). The fraction of sp³-hybridized carbons (Fsp3) is 0.286. The fourth-order valence-electron chi connectivity index (χ4n) is 1.63. The van der Waals surface area contributed by atoms with Gasteiger partial charge in [-0.2, -0.15) is 5.10 Å². The van der Waals surface area contributed by atoms with Crippen LogP contribution in [-0.4, -0.2) is 33.1 Å². The Bertz CT molecular complexity index is 561. The van der Waals surface area contributed by atoms with Crippen molar-refractivity contribution in [3.8, 4) is 5.69 Å². The number of amides is 2. The normalized spacial score (nSPS) is 11.2. The summed E-state index contributed by atoms with van der Waals surface area (Å²) in [6.07, 6.45) is 3.55. The highest BCUT2D eigenvalue weighted by Crippen LogP contribution is 2.12. The molecule has 6 nitrogen and oxygen atoms in total. The molecule has 0 saturated carbocycles. The Labute approximate surface area is 117 Å². The summed E-state index contributed by atoms with van der Waals surface area (Å²) in [6.45, 7) is 3.36. The van der Waals surface area contributed by atoms with Gasteiger partial charge in [-0.25, -0.2) is 9.48 Å². The van der Waals surface area contributed by atoms with Gasteiger partial charge in [-0.1, -0.05) is 0 Å². The lowest BCUT2D eigenvalue weighted by molar-refractivity contribution is 0.187. The molecule has 6 heteroatoms. The molecule has 0 radical (unpaired) electrons. The number of hydrogen-bond acceptors (Lipinski definition) is 3. The molecule has 0 saturated heterocycles. The van der Waals surface area contributed by atoms with Gasteiger partial charge in [-0.05, 0) is 44.2 Å². The van der Waals surface area contributed by atoms with Gasteiger partial charge < -0.3 is 15.7 Å². The summed E-state index contributed by atoms with van der Waals surface area (Å²) in [5.41, 5.74) is 0.933. The molecule has 2 amide bonds. The van der Waals surface area contributed by atoms with E-state index in [1.807, 2.05) is 24.4 Å². The molecule has 0 bridgehead atoms. The summed E-state index contributed by atoms with van der Waals surface area (Å²) in [5.74, 6) is 0. The van der Waals surface area contributed by atoms with Crippen LogP contribution < -0.4 is 10.6 Å². The first kappa shape index (κ1) is 14.1. The maximum Gasteiger partial charge on any atom is 0.319 e. The number of aliphatic hydroxyl groups excluding tert-OH is 1. The predicted molar refractivity (Wildman–Crippen MR) is 76.9 cm³/mol. The molecule has 1 aromatic carbocycles. The summed E-state index contributed by atoms with van der Waals surface area (Å²) < 4.78 is 1.73. The zero-order chi connectivity index (χ0) is 14.6. The third-order valence-corrected chi connectivity index (χ3v) is 2.74. The molecule has 0 atom stereocenters. The van der Waals surface area contributed by atoms with Crippen molar-refractivity contribution >= 4 is 11.7 Å². The predicted octanol–water partition coefficient (Wildman–Crippen LogP) is 1.76. The second-order valence-electron chi connectivity index (χ2n) is 5.12. The summed E-state index contributed by atoms with van der Waals surface area (Å²) in [7, 11) is 0. The smallest absolute Gasteiger partial charge is 0.319 e. The van der Waals surface area contributed by atoms with Crippen LogP contribution in [0.25, 0.3) is 5.69 Å². The summed E-state index contributed by atoms with van der Waals surface area (Å²) in [5, 5.41) is 18.6. The van der Waals surface area contributed by atoms with E-state index in [0.717, 1.165) is 5.69 Å². The summed E-state index contributed by atoms with van der Waals surface area (Å²) in [6, 6.07) is 8.80. The molecule has 0 unspecified atom stereocenters. The fourth-order valence-corrected chi connectivity index (χ4v) is 1.63. The second-order valence-corrected chi connectivity index (χ2v) is 5.12. The van der Waals surface area contributed by atoms with Crippen LogP contribution in [0.5, 0.6) is 0 Å². The lowest BCUT2D eigenvalue weighted by Gasteiger charge is -2.23. The highest BCUT2D eigenvalue weighted by molar-refractivity contribution is 5.89. The minimum absolute atomic E-state index is 0.126. The van der Waals surface area contributed by atoms with Crippen molar-refractivity contribution in [2.24, 2.45) is 0 Å². The molecule has 0 aliphatic carbocycles. The number of aromatic nitrogens is 2. The quantitative estimate of drug-likeness (QED) is 0.795. The van der Waals surface area contributed by atoms with Crippen molar-refractivity contribution in [1.82, 2.24) is 15.1 Å². The van der Waals surface area contributed by atoms with Crippen LogP contribution in [0.2, 0.25) is 0 Å². The third-order valence-electron chi connectivity index (χ3n) is 2.74. The number of anilines is 1. The summed E-state index contributed by atoms with van der Waals surface area (Å²) in [4.78, 5) is 11.7. The number of benzene rings is 1. The molecule has 3 N–H and O–H groups in total. The monoisotopic (exact) mass is 274 g/mol. The van der Waals surface area contributed by atoms with Gasteiger partial charge in [0.25, 0.3) is 0 Å². The zero-order valence-corrected chi connectivity index (χ0v) is 11.5. The van der Waals surface area contributed by atoms with E-state index in [0.29, 0.717) is 5.69 Å². The van der Waals surface area contributed by atoms with Crippen LogP contribution in [0.1, 0.15) is 13.8 Å². The molecule has 2 aromatic rings. The van der Waals surface area contributed by atoms with Gasteiger partial charge in [0.05, 0.1) is 17.8 Å². The van der Waals surface area contributed by atoms with Gasteiger partial charge in [0, 0.05) is 18.1 Å². The first-order chi connectivity index (χ1) is 9.50. The van der Waals surface area contributed by atoms with Crippen LogP contribution in [0.3, 0.4) is 0 Å². The molecule has 0 spiro atoms. The molecule has 1 heterocycles. The van der Waals surface area contributed by atoms with E-state index in [9.17, 15) is 4.79 Å². The standard InChI is InChI=1S/C14H18N4O2/c1-14(2,10-19)17-13(20)16-11-4-6-12(7-5-11)18-9-3-8-15-18/h3-9,19H,10H2,1-2H3,(H2,16,17,20). The molecular weight excluding hydrogens is 256 g/mol. The number of urea groups is 1. The van der Waals surface area contributed by atoms with Gasteiger partial charge in [-0.3, -0.25) is 0 Å². The van der Waals surface area contributed by atoms with Crippen molar-refractivity contribution in [3.63, 3.8) is 0 Å². The Kier molecular flexibility index (Phi) is 4.05. The van der Waals surface area contributed by atoms with Gasteiger partial charge in [0.1, 0.15) is 0 Å². The van der Waals surface area contributed by atoms with Crippen molar-refractivity contribution in [2.45, 2.75) is 19.4 Å². The Hall–Kier alpha value is -2.34. The maximum atomic E-state index is 11.7. The van der Waals surface area contributed by atoms with Gasteiger partial charge in [0.15, 0.2) is 0 Å². The van der Waals surface area contributed by atoms with Gasteiger partial charge in [0.2, 0.25) is 0 Å². The topological polar surface area (TPSA) is 79.2 Å². The maximum absolute atomic E-state index is 11.7. The molecular formula is C14H18N4O2. The van der Waals surface area contributed by atoms with E-state index in [4.69, 9.17) is 5.11 Å².